The van der Waals surface area contributed by atoms with Crippen LogP contribution in [-0.4, -0.2) is 54.6 Å². The molecule has 0 bridgehead atoms. The quantitative estimate of drug-likeness (QED) is 0.871. The van der Waals surface area contributed by atoms with Crippen LogP contribution in [0.3, 0.4) is 0 Å². The Labute approximate surface area is 112 Å². The van der Waals surface area contributed by atoms with E-state index in [0.717, 1.165) is 11.5 Å². The summed E-state index contributed by atoms with van der Waals surface area (Å²) in [5.41, 5.74) is 0. The molecule has 1 aliphatic heterocycles. The van der Waals surface area contributed by atoms with Crippen molar-refractivity contribution in [1.29, 1.82) is 0 Å². The molecule has 1 fully saturated rings. The molecule has 0 atom stereocenters. The lowest BCUT2D eigenvalue weighted by Crippen LogP contribution is -2.40. The summed E-state index contributed by atoms with van der Waals surface area (Å²) >= 11 is 1.80. The number of anilines is 1. The predicted molar refractivity (Wildman–Crippen MR) is 75.4 cm³/mol. The van der Waals surface area contributed by atoms with Gasteiger partial charge in [0.05, 0.1) is 5.75 Å². The molecule has 7 heteroatoms. The molecule has 1 aliphatic rings. The van der Waals surface area contributed by atoms with Crippen molar-refractivity contribution in [3.8, 4) is 0 Å². The van der Waals surface area contributed by atoms with Crippen molar-refractivity contribution in [3.05, 3.63) is 24.4 Å². The van der Waals surface area contributed by atoms with Gasteiger partial charge in [-0.3, -0.25) is 0 Å². The molecule has 0 saturated carbocycles. The number of nitrogens with zero attached hydrogens (tertiary/aromatic N) is 2. The number of pyridine rings is 1. The molecule has 0 unspecified atom stereocenters. The Morgan fingerprint density at radius 3 is 2.78 bits per heavy atom. The van der Waals surface area contributed by atoms with Gasteiger partial charge in [0.1, 0.15) is 5.82 Å². The molecule has 1 aromatic rings. The number of aromatic nitrogens is 1. The van der Waals surface area contributed by atoms with Crippen molar-refractivity contribution in [2.75, 3.05) is 42.2 Å². The Bertz CT molecular complexity index is 458. The second kappa shape index (κ2) is 6.40. The van der Waals surface area contributed by atoms with E-state index in [1.807, 2.05) is 18.2 Å². The van der Waals surface area contributed by atoms with Gasteiger partial charge in [0, 0.05) is 37.3 Å². The molecule has 1 aromatic heterocycles. The van der Waals surface area contributed by atoms with Gasteiger partial charge in [-0.05, 0) is 12.1 Å². The van der Waals surface area contributed by atoms with Crippen LogP contribution in [0.1, 0.15) is 0 Å². The largest absolute Gasteiger partial charge is 0.369 e. The predicted octanol–water partition coefficient (Wildman–Crippen LogP) is 0.872. The minimum Gasteiger partial charge on any atom is -0.369 e. The molecule has 1 N–H and O–H groups in total. The maximum Gasteiger partial charge on any atom is 0.215 e. The topological polar surface area (TPSA) is 62.3 Å². The van der Waals surface area contributed by atoms with E-state index in [1.54, 1.807) is 22.3 Å². The Morgan fingerprint density at radius 1 is 1.33 bits per heavy atom. The summed E-state index contributed by atoms with van der Waals surface area (Å²) < 4.78 is 25.7. The maximum atomic E-state index is 12.0. The summed E-state index contributed by atoms with van der Waals surface area (Å²) in [5.74, 6) is 2.62. The van der Waals surface area contributed by atoms with Gasteiger partial charge in [-0.15, -0.1) is 0 Å². The minimum absolute atomic E-state index is 0.119. The zero-order chi connectivity index (χ0) is 12.8. The highest BCUT2D eigenvalue weighted by atomic mass is 32.2. The van der Waals surface area contributed by atoms with E-state index in [2.05, 4.69) is 10.3 Å². The van der Waals surface area contributed by atoms with Crippen molar-refractivity contribution >= 4 is 27.6 Å². The second-order valence-electron chi connectivity index (χ2n) is 3.97. The van der Waals surface area contributed by atoms with Gasteiger partial charge in [-0.25, -0.2) is 17.7 Å². The van der Waals surface area contributed by atoms with Crippen LogP contribution in [0.4, 0.5) is 5.82 Å². The van der Waals surface area contributed by atoms with E-state index < -0.39 is 10.0 Å². The average molecular weight is 287 g/mol. The number of hydrogen-bond acceptors (Lipinski definition) is 5. The number of thioether (sulfide) groups is 1. The summed E-state index contributed by atoms with van der Waals surface area (Å²) in [6.07, 6.45) is 1.68. The van der Waals surface area contributed by atoms with E-state index in [-0.39, 0.29) is 5.75 Å². The van der Waals surface area contributed by atoms with Crippen LogP contribution in [0.25, 0.3) is 0 Å². The lowest BCUT2D eigenvalue weighted by molar-refractivity contribution is 0.444. The molecule has 0 radical (unpaired) electrons. The van der Waals surface area contributed by atoms with Gasteiger partial charge < -0.3 is 5.32 Å². The smallest absolute Gasteiger partial charge is 0.215 e. The van der Waals surface area contributed by atoms with Crippen LogP contribution in [0.2, 0.25) is 0 Å². The first kappa shape index (κ1) is 13.6. The zero-order valence-electron chi connectivity index (χ0n) is 10.1. The Kier molecular flexibility index (Phi) is 4.85. The zero-order valence-corrected chi connectivity index (χ0v) is 11.7. The Hall–Kier alpha value is -0.790. The molecular formula is C11H17N3O2S2. The van der Waals surface area contributed by atoms with Gasteiger partial charge in [0.15, 0.2) is 0 Å². The molecule has 5 nitrogen and oxygen atoms in total. The van der Waals surface area contributed by atoms with Crippen LogP contribution < -0.4 is 5.32 Å². The Morgan fingerprint density at radius 2 is 2.11 bits per heavy atom. The van der Waals surface area contributed by atoms with E-state index >= 15 is 0 Å². The van der Waals surface area contributed by atoms with Crippen LogP contribution in [-0.2, 0) is 10.0 Å². The highest BCUT2D eigenvalue weighted by molar-refractivity contribution is 7.99. The van der Waals surface area contributed by atoms with Crippen molar-refractivity contribution in [2.45, 2.75) is 0 Å². The third-order valence-electron chi connectivity index (χ3n) is 2.69. The summed E-state index contributed by atoms with van der Waals surface area (Å²) in [4.78, 5) is 4.09. The number of rotatable bonds is 5. The second-order valence-corrected chi connectivity index (χ2v) is 7.28. The molecular weight excluding hydrogens is 270 g/mol. The Balaban J connectivity index is 1.82. The molecule has 0 spiro atoms. The monoisotopic (exact) mass is 287 g/mol. The molecule has 18 heavy (non-hydrogen) atoms. The fourth-order valence-corrected chi connectivity index (χ4v) is 4.22. The van der Waals surface area contributed by atoms with E-state index in [1.165, 1.54) is 0 Å². The molecule has 0 aromatic carbocycles. The molecule has 0 amide bonds. The number of sulfonamides is 1. The number of hydrogen-bond donors (Lipinski definition) is 1. The lowest BCUT2D eigenvalue weighted by Gasteiger charge is -2.25. The van der Waals surface area contributed by atoms with Crippen molar-refractivity contribution < 1.29 is 8.42 Å². The molecule has 1 saturated heterocycles. The van der Waals surface area contributed by atoms with Crippen LogP contribution in [0, 0.1) is 0 Å². The lowest BCUT2D eigenvalue weighted by atomic mass is 10.4. The van der Waals surface area contributed by atoms with Gasteiger partial charge >= 0.3 is 0 Å². The van der Waals surface area contributed by atoms with E-state index in [9.17, 15) is 8.42 Å². The minimum atomic E-state index is -3.12. The first-order chi connectivity index (χ1) is 8.68. The molecule has 100 valence electrons. The van der Waals surface area contributed by atoms with Crippen molar-refractivity contribution in [2.24, 2.45) is 0 Å². The summed E-state index contributed by atoms with van der Waals surface area (Å²) in [7, 11) is -3.12. The van der Waals surface area contributed by atoms with Gasteiger partial charge in [0.25, 0.3) is 0 Å². The highest BCUT2D eigenvalue weighted by Crippen LogP contribution is 2.13. The number of nitrogens with one attached hydrogen (secondary N) is 1. The van der Waals surface area contributed by atoms with Crippen LogP contribution in [0.15, 0.2) is 24.4 Å². The van der Waals surface area contributed by atoms with Crippen molar-refractivity contribution in [1.82, 2.24) is 9.29 Å². The van der Waals surface area contributed by atoms with Crippen LogP contribution in [0.5, 0.6) is 0 Å². The first-order valence-corrected chi connectivity index (χ1v) is 8.65. The maximum absolute atomic E-state index is 12.0. The summed E-state index contributed by atoms with van der Waals surface area (Å²) in [6.45, 7) is 1.66. The first-order valence-electron chi connectivity index (χ1n) is 5.89. The third-order valence-corrected chi connectivity index (χ3v) is 5.51. The molecule has 2 heterocycles. The summed E-state index contributed by atoms with van der Waals surface area (Å²) in [5, 5.41) is 3.02. The van der Waals surface area contributed by atoms with Crippen LogP contribution >= 0.6 is 11.8 Å². The third kappa shape index (κ3) is 3.86. The average Bonchev–Trinajstić information content (AvgIpc) is 2.41. The van der Waals surface area contributed by atoms with E-state index in [4.69, 9.17) is 0 Å². The standard InChI is InChI=1S/C11H17N3O2S2/c15-18(16,14-6-8-17-9-7-14)10-5-13-11-3-1-2-4-12-11/h1-4H,5-10H2,(H,12,13). The normalized spacial score (nSPS) is 17.6. The molecule has 2 rings (SSSR count). The fraction of sp³-hybridized carbons (Fsp3) is 0.545. The molecule has 0 aliphatic carbocycles. The fourth-order valence-electron chi connectivity index (χ4n) is 1.73. The highest BCUT2D eigenvalue weighted by Gasteiger charge is 2.23. The summed E-state index contributed by atoms with van der Waals surface area (Å²) in [6, 6.07) is 5.52. The SMILES string of the molecule is O=S(=O)(CCNc1ccccn1)N1CCSCC1. The van der Waals surface area contributed by atoms with Crippen molar-refractivity contribution in [3.63, 3.8) is 0 Å². The van der Waals surface area contributed by atoms with E-state index in [0.29, 0.717) is 25.5 Å². The van der Waals surface area contributed by atoms with Gasteiger partial charge in [-0.2, -0.15) is 11.8 Å². The van der Waals surface area contributed by atoms with Gasteiger partial charge in [-0.1, -0.05) is 6.07 Å². The van der Waals surface area contributed by atoms with Gasteiger partial charge in [0.2, 0.25) is 10.0 Å².